The Morgan fingerprint density at radius 3 is 2.52 bits per heavy atom. The van der Waals surface area contributed by atoms with Gasteiger partial charge in [-0.2, -0.15) is 13.2 Å². The third-order valence-electron chi connectivity index (χ3n) is 4.86. The molecule has 4 nitrogen and oxygen atoms in total. The monoisotopic (exact) mass is 328 g/mol. The minimum atomic E-state index is -4.39. The Hall–Kier alpha value is -1.79. The number of nitrogens with zero attached hydrogens (tertiary/aromatic N) is 2. The van der Waals surface area contributed by atoms with Gasteiger partial charge < -0.3 is 9.64 Å². The van der Waals surface area contributed by atoms with Crippen molar-refractivity contribution in [1.82, 2.24) is 9.88 Å². The Bertz CT molecular complexity index is 587. The lowest BCUT2D eigenvalue weighted by molar-refractivity contribution is -0.137. The molecule has 2 fully saturated rings. The molecule has 126 valence electrons. The fourth-order valence-corrected chi connectivity index (χ4v) is 3.53. The van der Waals surface area contributed by atoms with E-state index in [1.807, 2.05) is 0 Å². The van der Waals surface area contributed by atoms with Gasteiger partial charge >= 0.3 is 6.18 Å². The largest absolute Gasteiger partial charge is 0.474 e. The molecule has 1 saturated heterocycles. The molecule has 1 aliphatic carbocycles. The first-order valence-corrected chi connectivity index (χ1v) is 7.71. The number of halogens is 3. The van der Waals surface area contributed by atoms with Gasteiger partial charge in [0, 0.05) is 30.3 Å². The minimum Gasteiger partial charge on any atom is -0.474 e. The van der Waals surface area contributed by atoms with Crippen LogP contribution < -0.4 is 4.74 Å². The molecule has 1 saturated carbocycles. The van der Waals surface area contributed by atoms with Gasteiger partial charge in [0.25, 0.3) is 0 Å². The number of likely N-dealkylation sites (tertiary alicyclic amines) is 1. The van der Waals surface area contributed by atoms with Gasteiger partial charge in [0.05, 0.1) is 5.56 Å². The molecule has 2 aliphatic rings. The van der Waals surface area contributed by atoms with Gasteiger partial charge in [0.1, 0.15) is 6.10 Å². The quantitative estimate of drug-likeness (QED) is 0.800. The second-order valence-corrected chi connectivity index (χ2v) is 6.67. The maximum absolute atomic E-state index is 12.6. The van der Waals surface area contributed by atoms with Gasteiger partial charge in [-0.25, -0.2) is 4.98 Å². The second kappa shape index (κ2) is 5.69. The maximum atomic E-state index is 12.6. The van der Waals surface area contributed by atoms with Crippen LogP contribution in [-0.2, 0) is 11.0 Å². The molecule has 0 unspecified atom stereocenters. The predicted molar refractivity (Wildman–Crippen MR) is 76.9 cm³/mol. The first-order chi connectivity index (χ1) is 10.8. The molecular weight excluding hydrogens is 309 g/mol. The van der Waals surface area contributed by atoms with Crippen LogP contribution in [0.2, 0.25) is 0 Å². The molecule has 23 heavy (non-hydrogen) atoms. The van der Waals surface area contributed by atoms with E-state index in [2.05, 4.69) is 4.98 Å². The molecule has 7 heteroatoms. The Morgan fingerprint density at radius 1 is 1.35 bits per heavy atom. The van der Waals surface area contributed by atoms with Gasteiger partial charge in [-0.05, 0) is 38.7 Å². The van der Waals surface area contributed by atoms with Crippen LogP contribution in [0.1, 0.15) is 36.8 Å². The van der Waals surface area contributed by atoms with Crippen LogP contribution in [0.5, 0.6) is 5.88 Å². The Morgan fingerprint density at radius 2 is 2.00 bits per heavy atom. The number of carbonyl (C=O) groups is 1. The third kappa shape index (κ3) is 3.28. The van der Waals surface area contributed by atoms with Crippen molar-refractivity contribution in [3.8, 4) is 5.88 Å². The molecule has 1 amide bonds. The fraction of sp³-hybridized carbons (Fsp3) is 0.625. The number of hydrogen-bond acceptors (Lipinski definition) is 3. The van der Waals surface area contributed by atoms with Crippen molar-refractivity contribution < 1.29 is 22.7 Å². The minimum absolute atomic E-state index is 0.0196. The van der Waals surface area contributed by atoms with E-state index < -0.39 is 11.7 Å². The molecular formula is C16H19F3N2O2. The molecule has 3 rings (SSSR count). The number of aryl methyl sites for hydroxylation is 1. The average molecular weight is 328 g/mol. The van der Waals surface area contributed by atoms with Crippen LogP contribution in [0.25, 0.3) is 0 Å². The molecule has 0 aromatic carbocycles. The van der Waals surface area contributed by atoms with E-state index in [1.54, 1.807) is 11.8 Å². The molecule has 0 N–H and O–H groups in total. The van der Waals surface area contributed by atoms with Gasteiger partial charge in [-0.3, -0.25) is 4.79 Å². The number of alkyl halides is 3. The number of amides is 1. The third-order valence-corrected chi connectivity index (χ3v) is 4.86. The second-order valence-electron chi connectivity index (χ2n) is 6.67. The zero-order valence-corrected chi connectivity index (χ0v) is 12.9. The number of pyridine rings is 1. The smallest absolute Gasteiger partial charge is 0.417 e. The highest BCUT2D eigenvalue weighted by atomic mass is 19.4. The predicted octanol–water partition coefficient (Wildman–Crippen LogP) is 3.19. The van der Waals surface area contributed by atoms with E-state index in [4.69, 9.17) is 4.74 Å². The standard InChI is InChI=1S/C16H19F3N2O2/c1-11-6-12(16(17,18)19)7-20-14(11)23-13-2-4-15(5-3-13)8-21(9-15)10-22/h6-7,10,13H,2-5,8-9H2,1H3. The molecule has 0 radical (unpaired) electrons. The lowest BCUT2D eigenvalue weighted by atomic mass is 9.68. The first kappa shape index (κ1) is 16.1. The van der Waals surface area contributed by atoms with E-state index in [0.29, 0.717) is 5.56 Å². The normalized spacial score (nSPS) is 21.1. The van der Waals surface area contributed by atoms with Crippen molar-refractivity contribution in [3.63, 3.8) is 0 Å². The van der Waals surface area contributed by atoms with Crippen LogP contribution in [0, 0.1) is 12.3 Å². The van der Waals surface area contributed by atoms with E-state index in [0.717, 1.165) is 57.4 Å². The van der Waals surface area contributed by atoms with Crippen LogP contribution in [-0.4, -0.2) is 35.5 Å². The summed E-state index contributed by atoms with van der Waals surface area (Å²) in [4.78, 5) is 16.3. The fourth-order valence-electron chi connectivity index (χ4n) is 3.53. The molecule has 1 spiro atoms. The summed E-state index contributed by atoms with van der Waals surface area (Å²) in [6.45, 7) is 3.19. The lowest BCUT2D eigenvalue weighted by Gasteiger charge is -2.51. The van der Waals surface area contributed by atoms with Crippen LogP contribution >= 0.6 is 0 Å². The average Bonchev–Trinajstić information content (AvgIpc) is 2.47. The molecule has 1 aromatic heterocycles. The summed E-state index contributed by atoms with van der Waals surface area (Å²) in [5.74, 6) is 0.280. The van der Waals surface area contributed by atoms with Crippen molar-refractivity contribution in [2.24, 2.45) is 5.41 Å². The van der Waals surface area contributed by atoms with Crippen molar-refractivity contribution in [2.45, 2.75) is 44.9 Å². The van der Waals surface area contributed by atoms with Gasteiger partial charge in [-0.1, -0.05) is 0 Å². The number of aromatic nitrogens is 1. The number of ether oxygens (including phenoxy) is 1. The molecule has 1 aliphatic heterocycles. The van der Waals surface area contributed by atoms with Crippen molar-refractivity contribution >= 4 is 6.41 Å². The summed E-state index contributed by atoms with van der Waals surface area (Å²) in [6, 6.07) is 1.07. The molecule has 1 aromatic rings. The summed E-state index contributed by atoms with van der Waals surface area (Å²) >= 11 is 0. The van der Waals surface area contributed by atoms with E-state index >= 15 is 0 Å². The topological polar surface area (TPSA) is 42.4 Å². The highest BCUT2D eigenvalue weighted by Crippen LogP contribution is 2.44. The highest BCUT2D eigenvalue weighted by molar-refractivity contribution is 5.49. The number of rotatable bonds is 3. The highest BCUT2D eigenvalue weighted by Gasteiger charge is 2.45. The van der Waals surface area contributed by atoms with Gasteiger partial charge in [0.15, 0.2) is 0 Å². The molecule has 0 atom stereocenters. The van der Waals surface area contributed by atoms with Crippen LogP contribution in [0.3, 0.4) is 0 Å². The van der Waals surface area contributed by atoms with Crippen molar-refractivity contribution in [3.05, 3.63) is 23.4 Å². The first-order valence-electron chi connectivity index (χ1n) is 7.71. The molecule has 2 heterocycles. The van der Waals surface area contributed by atoms with Crippen molar-refractivity contribution in [2.75, 3.05) is 13.1 Å². The lowest BCUT2D eigenvalue weighted by Crippen LogP contribution is -2.57. The van der Waals surface area contributed by atoms with Gasteiger partial charge in [0.2, 0.25) is 12.3 Å². The Kier molecular flexibility index (Phi) is 3.98. The SMILES string of the molecule is Cc1cc(C(F)(F)F)cnc1OC1CCC2(CC1)CN(C=O)C2. The maximum Gasteiger partial charge on any atom is 0.417 e. The summed E-state index contributed by atoms with van der Waals surface area (Å²) in [5.41, 5.74) is -0.132. The van der Waals surface area contributed by atoms with Crippen LogP contribution in [0.15, 0.2) is 12.3 Å². The number of carbonyl (C=O) groups excluding carboxylic acids is 1. The summed E-state index contributed by atoms with van der Waals surface area (Å²) in [7, 11) is 0. The van der Waals surface area contributed by atoms with E-state index in [9.17, 15) is 18.0 Å². The van der Waals surface area contributed by atoms with Crippen LogP contribution in [0.4, 0.5) is 13.2 Å². The van der Waals surface area contributed by atoms with E-state index in [-0.39, 0.29) is 17.4 Å². The summed E-state index contributed by atoms with van der Waals surface area (Å²) < 4.78 is 43.7. The van der Waals surface area contributed by atoms with Crippen molar-refractivity contribution in [1.29, 1.82) is 0 Å². The Balaban J connectivity index is 1.58. The van der Waals surface area contributed by atoms with E-state index in [1.165, 1.54) is 0 Å². The Labute approximate surface area is 132 Å². The number of hydrogen-bond donors (Lipinski definition) is 0. The zero-order valence-electron chi connectivity index (χ0n) is 12.9. The summed E-state index contributed by atoms with van der Waals surface area (Å²) in [5, 5.41) is 0. The zero-order chi connectivity index (χ0) is 16.7. The molecule has 0 bridgehead atoms. The summed E-state index contributed by atoms with van der Waals surface area (Å²) in [6.07, 6.45) is 0.924. The van der Waals surface area contributed by atoms with Gasteiger partial charge in [-0.15, -0.1) is 0 Å².